The van der Waals surface area contributed by atoms with Gasteiger partial charge < -0.3 is 15.1 Å². The Kier molecular flexibility index (Phi) is 5.11. The van der Waals surface area contributed by atoms with E-state index in [1.54, 1.807) is 6.08 Å². The fourth-order valence-corrected chi connectivity index (χ4v) is 3.62. The molecular weight excluding hydrogens is 418 g/mol. The van der Waals surface area contributed by atoms with Crippen molar-refractivity contribution in [3.05, 3.63) is 64.1 Å². The summed E-state index contributed by atoms with van der Waals surface area (Å²) in [5.41, 5.74) is 4.55. The number of amides is 1. The summed E-state index contributed by atoms with van der Waals surface area (Å²) in [6, 6.07) is 11.7. The second-order valence-electron chi connectivity index (χ2n) is 6.93. The maximum absolute atomic E-state index is 12.2. The van der Waals surface area contributed by atoms with Gasteiger partial charge in [0, 0.05) is 33.9 Å². The lowest BCUT2D eigenvalue weighted by molar-refractivity contribution is -0.111. The lowest BCUT2D eigenvalue weighted by Gasteiger charge is -2.31. The fourth-order valence-electron chi connectivity index (χ4n) is 3.13. The summed E-state index contributed by atoms with van der Waals surface area (Å²) in [4.78, 5) is 25.6. The molecule has 1 N–H and O–H groups in total. The van der Waals surface area contributed by atoms with Crippen LogP contribution in [0.4, 0.5) is 17.1 Å². The zero-order valence-corrected chi connectivity index (χ0v) is 17.3. The smallest absolute Gasteiger partial charge is 0.248 e. The minimum absolute atomic E-state index is 0.155. The molecule has 2 aliphatic heterocycles. The topological polar surface area (TPSA) is 60.3 Å². The van der Waals surface area contributed by atoms with Crippen molar-refractivity contribution in [1.29, 1.82) is 0 Å². The average molecular weight is 438 g/mol. The number of hydrogen-bond donors (Lipinski definition) is 1. The molecule has 2 aromatic rings. The quantitative estimate of drug-likeness (QED) is 0.733. The zero-order valence-electron chi connectivity index (χ0n) is 15.7. The van der Waals surface area contributed by atoms with Gasteiger partial charge in [-0.1, -0.05) is 28.1 Å². The van der Waals surface area contributed by atoms with Gasteiger partial charge in [-0.05, 0) is 44.4 Å². The van der Waals surface area contributed by atoms with E-state index in [1.807, 2.05) is 72.7 Å². The number of anilines is 1. The average Bonchev–Trinajstić information content (AvgIpc) is 2.67. The standard InChI is InChI=1S/C21H20BrN5O/c1-26(2)10-4-7-20(28)24-14-8-9-18-15(11-14)21-25-19-6-3-5-17(22)16(19)12-27(21)13-23-18/h3-9,11,13H,10,12H2,1-2H3,(H,24,28). The number of likely N-dealkylation sites (N-methyl/N-ethyl adjacent to an activating group) is 1. The van der Waals surface area contributed by atoms with E-state index in [1.165, 1.54) is 0 Å². The van der Waals surface area contributed by atoms with Crippen molar-refractivity contribution in [3.63, 3.8) is 0 Å². The summed E-state index contributed by atoms with van der Waals surface area (Å²) in [5, 5.41) is 2.91. The highest BCUT2D eigenvalue weighted by Crippen LogP contribution is 2.36. The highest BCUT2D eigenvalue weighted by atomic mass is 79.9. The molecule has 0 aliphatic carbocycles. The first-order chi connectivity index (χ1) is 13.5. The lowest BCUT2D eigenvalue weighted by atomic mass is 10.0. The summed E-state index contributed by atoms with van der Waals surface area (Å²) in [6.45, 7) is 1.41. The molecule has 4 rings (SSSR count). The van der Waals surface area contributed by atoms with Crippen molar-refractivity contribution in [2.24, 2.45) is 9.98 Å². The molecule has 1 amide bonds. The Balaban J connectivity index is 1.63. The highest BCUT2D eigenvalue weighted by molar-refractivity contribution is 9.10. The SMILES string of the molecule is CN(C)CC=CC(=O)Nc1ccc2c(c1)C1=Nc3cccc(Br)c3CN1C=N2. The van der Waals surface area contributed by atoms with Crippen molar-refractivity contribution in [1.82, 2.24) is 9.80 Å². The van der Waals surface area contributed by atoms with E-state index in [4.69, 9.17) is 4.99 Å². The summed E-state index contributed by atoms with van der Waals surface area (Å²) in [7, 11) is 3.92. The number of nitrogens with zero attached hydrogens (tertiary/aromatic N) is 4. The van der Waals surface area contributed by atoms with Gasteiger partial charge in [0.05, 0.1) is 24.3 Å². The minimum atomic E-state index is -0.155. The Morgan fingerprint density at radius 2 is 2.14 bits per heavy atom. The summed E-state index contributed by atoms with van der Waals surface area (Å²) >= 11 is 3.60. The molecule has 0 fully saturated rings. The predicted octanol–water partition coefficient (Wildman–Crippen LogP) is 4.07. The zero-order chi connectivity index (χ0) is 19.7. The van der Waals surface area contributed by atoms with Gasteiger partial charge in [-0.2, -0.15) is 0 Å². The van der Waals surface area contributed by atoms with Crippen LogP contribution >= 0.6 is 15.9 Å². The number of amidine groups is 1. The number of aliphatic imine (C=N–C) groups is 2. The van der Waals surface area contributed by atoms with Crippen LogP contribution in [0.3, 0.4) is 0 Å². The van der Waals surface area contributed by atoms with Gasteiger partial charge >= 0.3 is 0 Å². The number of hydrogen-bond acceptors (Lipinski definition) is 5. The van der Waals surface area contributed by atoms with Gasteiger partial charge in [-0.25, -0.2) is 9.98 Å². The van der Waals surface area contributed by atoms with E-state index in [0.717, 1.165) is 38.5 Å². The third-order valence-electron chi connectivity index (χ3n) is 4.50. The van der Waals surface area contributed by atoms with Crippen LogP contribution in [0.1, 0.15) is 11.1 Å². The van der Waals surface area contributed by atoms with Crippen LogP contribution in [0.2, 0.25) is 0 Å². The van der Waals surface area contributed by atoms with Gasteiger partial charge in [-0.3, -0.25) is 4.79 Å². The van der Waals surface area contributed by atoms with Crippen molar-refractivity contribution in [2.75, 3.05) is 26.0 Å². The lowest BCUT2D eigenvalue weighted by Crippen LogP contribution is -2.34. The molecule has 0 aromatic heterocycles. The second kappa shape index (κ2) is 7.69. The molecule has 2 aliphatic rings. The summed E-state index contributed by atoms with van der Waals surface area (Å²) < 4.78 is 1.04. The first kappa shape index (κ1) is 18.6. The first-order valence-corrected chi connectivity index (χ1v) is 9.74. The van der Waals surface area contributed by atoms with Crippen molar-refractivity contribution < 1.29 is 4.79 Å². The number of carbonyl (C=O) groups excluding carboxylic acids is 1. The Morgan fingerprint density at radius 1 is 1.29 bits per heavy atom. The van der Waals surface area contributed by atoms with Crippen molar-refractivity contribution >= 4 is 51.1 Å². The largest absolute Gasteiger partial charge is 0.322 e. The Labute approximate surface area is 172 Å². The van der Waals surface area contributed by atoms with Gasteiger partial charge in [0.1, 0.15) is 5.84 Å². The van der Waals surface area contributed by atoms with E-state index >= 15 is 0 Å². The molecule has 2 aromatic carbocycles. The molecule has 7 heteroatoms. The number of benzene rings is 2. The predicted molar refractivity (Wildman–Crippen MR) is 117 cm³/mol. The molecule has 0 spiro atoms. The number of nitrogens with one attached hydrogen (secondary N) is 1. The third-order valence-corrected chi connectivity index (χ3v) is 5.24. The van der Waals surface area contributed by atoms with Crippen LogP contribution < -0.4 is 5.32 Å². The van der Waals surface area contributed by atoms with E-state index in [9.17, 15) is 4.79 Å². The van der Waals surface area contributed by atoms with Gasteiger partial charge in [0.25, 0.3) is 0 Å². The molecule has 0 radical (unpaired) electrons. The third kappa shape index (κ3) is 3.76. The number of rotatable bonds is 4. The highest BCUT2D eigenvalue weighted by Gasteiger charge is 2.26. The van der Waals surface area contributed by atoms with Gasteiger partial charge in [0.2, 0.25) is 5.91 Å². The molecule has 0 bridgehead atoms. The maximum atomic E-state index is 12.2. The summed E-state index contributed by atoms with van der Waals surface area (Å²) in [6.07, 6.45) is 5.20. The van der Waals surface area contributed by atoms with Gasteiger partial charge in [0.15, 0.2) is 0 Å². The van der Waals surface area contributed by atoms with E-state index in [2.05, 4.69) is 26.2 Å². The molecule has 0 saturated carbocycles. The Morgan fingerprint density at radius 3 is 2.96 bits per heavy atom. The minimum Gasteiger partial charge on any atom is -0.322 e. The van der Waals surface area contributed by atoms with Crippen LogP contribution in [0.25, 0.3) is 0 Å². The molecule has 2 heterocycles. The van der Waals surface area contributed by atoms with Crippen LogP contribution in [-0.2, 0) is 11.3 Å². The second-order valence-corrected chi connectivity index (χ2v) is 7.79. The molecule has 0 unspecified atom stereocenters. The van der Waals surface area contributed by atoms with Gasteiger partial charge in [-0.15, -0.1) is 0 Å². The normalized spacial score (nSPS) is 14.6. The fraction of sp³-hybridized carbons (Fsp3) is 0.190. The molecule has 0 atom stereocenters. The summed E-state index contributed by atoms with van der Waals surface area (Å²) in [5.74, 6) is 0.688. The number of halogens is 1. The molecule has 6 nitrogen and oxygen atoms in total. The number of fused-ring (bicyclic) bond motifs is 4. The first-order valence-electron chi connectivity index (χ1n) is 8.95. The van der Waals surface area contributed by atoms with Crippen molar-refractivity contribution in [2.45, 2.75) is 6.54 Å². The van der Waals surface area contributed by atoms with E-state index < -0.39 is 0 Å². The van der Waals surface area contributed by atoms with Crippen LogP contribution in [0, 0.1) is 0 Å². The molecule has 142 valence electrons. The van der Waals surface area contributed by atoms with Crippen molar-refractivity contribution in [3.8, 4) is 0 Å². The molecule has 0 saturated heterocycles. The van der Waals surface area contributed by atoms with Crippen LogP contribution in [-0.4, -0.2) is 48.5 Å². The molecule has 28 heavy (non-hydrogen) atoms. The van der Waals surface area contributed by atoms with Crippen LogP contribution in [0.15, 0.2) is 63.0 Å². The van der Waals surface area contributed by atoms with E-state index in [-0.39, 0.29) is 5.91 Å². The Hall–Kier alpha value is -2.77. The maximum Gasteiger partial charge on any atom is 0.248 e. The van der Waals surface area contributed by atoms with Crippen LogP contribution in [0.5, 0.6) is 0 Å². The molecular formula is C21H20BrN5O. The Bertz CT molecular complexity index is 1030. The number of carbonyl (C=O) groups is 1. The monoisotopic (exact) mass is 437 g/mol. The van der Waals surface area contributed by atoms with E-state index in [0.29, 0.717) is 13.1 Å².